The number of ether oxygens (including phenoxy) is 1. The van der Waals surface area contributed by atoms with Crippen molar-refractivity contribution in [3.05, 3.63) is 42.5 Å². The molecule has 1 aromatic rings. The Bertz CT molecular complexity index is 360. The molecule has 0 amide bonds. The quantitative estimate of drug-likeness (QED) is 0.568. The van der Waals surface area contributed by atoms with Crippen LogP contribution in [0.25, 0.3) is 0 Å². The Morgan fingerprint density at radius 1 is 1.60 bits per heavy atom. The number of carbonyl (C=O) groups is 1. The smallest absolute Gasteiger partial charge is 0.262 e. The van der Waals surface area contributed by atoms with Gasteiger partial charge in [-0.2, -0.15) is 0 Å². The van der Waals surface area contributed by atoms with Crippen LogP contribution in [0, 0.1) is 0 Å². The van der Waals surface area contributed by atoms with E-state index in [1.54, 1.807) is 13.0 Å². The predicted octanol–water partition coefficient (Wildman–Crippen LogP) is 2.95. The Labute approximate surface area is 94.5 Å². The minimum atomic E-state index is -0.627. The molecule has 0 heterocycles. The van der Waals surface area contributed by atoms with Gasteiger partial charge in [-0.05, 0) is 36.6 Å². The molecule has 0 aliphatic rings. The molecule has 0 aliphatic heterocycles. The Hall–Kier alpha value is -1.28. The van der Waals surface area contributed by atoms with Gasteiger partial charge in [0.1, 0.15) is 5.75 Å². The Balaban J connectivity index is 2.83. The lowest BCUT2D eigenvalue weighted by Gasteiger charge is -2.13. The van der Waals surface area contributed by atoms with Crippen molar-refractivity contribution in [1.82, 2.24) is 0 Å². The van der Waals surface area contributed by atoms with Gasteiger partial charge in [0.05, 0.1) is 0 Å². The number of halogens is 1. The van der Waals surface area contributed by atoms with Crippen LogP contribution in [-0.4, -0.2) is 11.3 Å². The maximum Gasteiger partial charge on any atom is 0.262 e. The van der Waals surface area contributed by atoms with Gasteiger partial charge in [0.25, 0.3) is 5.24 Å². The number of hydrogen-bond acceptors (Lipinski definition) is 2. The van der Waals surface area contributed by atoms with E-state index in [2.05, 4.69) is 6.58 Å². The van der Waals surface area contributed by atoms with Crippen molar-refractivity contribution in [3.63, 3.8) is 0 Å². The molecule has 0 N–H and O–H groups in total. The highest BCUT2D eigenvalue weighted by atomic mass is 35.5. The minimum Gasteiger partial charge on any atom is -0.481 e. The summed E-state index contributed by atoms with van der Waals surface area (Å²) in [7, 11) is 0. The van der Waals surface area contributed by atoms with E-state index in [4.69, 9.17) is 16.3 Å². The fraction of sp³-hybridized carbons (Fsp3) is 0.250. The van der Waals surface area contributed by atoms with Gasteiger partial charge in [0.15, 0.2) is 6.10 Å². The van der Waals surface area contributed by atoms with Gasteiger partial charge in [-0.1, -0.05) is 24.3 Å². The SMILES string of the molecule is C=CCc1ccccc1OC(C)C(=O)Cl. The number of hydrogen-bond donors (Lipinski definition) is 0. The molecule has 0 bridgehead atoms. The van der Waals surface area contributed by atoms with Crippen LogP contribution in [0.5, 0.6) is 5.75 Å². The first-order valence-electron chi connectivity index (χ1n) is 4.70. The van der Waals surface area contributed by atoms with Gasteiger partial charge >= 0.3 is 0 Å². The Kier molecular flexibility index (Phi) is 4.37. The van der Waals surface area contributed by atoms with E-state index in [1.165, 1.54) is 0 Å². The number of para-hydroxylation sites is 1. The molecule has 0 aliphatic carbocycles. The Morgan fingerprint density at radius 3 is 2.87 bits per heavy atom. The summed E-state index contributed by atoms with van der Waals surface area (Å²) in [5.74, 6) is 0.680. The molecule has 0 fully saturated rings. The lowest BCUT2D eigenvalue weighted by Crippen LogP contribution is -2.19. The number of allylic oxidation sites excluding steroid dienone is 1. The normalized spacial score (nSPS) is 11.9. The molecule has 1 unspecified atom stereocenters. The molecule has 0 radical (unpaired) electrons. The van der Waals surface area contributed by atoms with Crippen molar-refractivity contribution in [2.45, 2.75) is 19.4 Å². The molecular weight excluding hydrogens is 212 g/mol. The number of carbonyl (C=O) groups excluding carboxylic acids is 1. The molecule has 0 spiro atoms. The van der Waals surface area contributed by atoms with E-state index in [0.717, 1.165) is 5.56 Å². The highest BCUT2D eigenvalue weighted by Crippen LogP contribution is 2.20. The van der Waals surface area contributed by atoms with E-state index in [0.29, 0.717) is 12.2 Å². The van der Waals surface area contributed by atoms with Crippen LogP contribution >= 0.6 is 11.6 Å². The van der Waals surface area contributed by atoms with E-state index < -0.39 is 11.3 Å². The first kappa shape index (κ1) is 11.8. The summed E-state index contributed by atoms with van der Waals surface area (Å²) in [5, 5.41) is -0.497. The molecular formula is C12H13ClO2. The molecule has 0 saturated heterocycles. The van der Waals surface area contributed by atoms with Gasteiger partial charge in [0.2, 0.25) is 0 Å². The summed E-state index contributed by atoms with van der Waals surface area (Å²) in [4.78, 5) is 10.8. The van der Waals surface area contributed by atoms with Gasteiger partial charge in [-0.3, -0.25) is 4.79 Å². The third kappa shape index (κ3) is 3.40. The zero-order chi connectivity index (χ0) is 11.3. The fourth-order valence-corrected chi connectivity index (χ4v) is 1.22. The van der Waals surface area contributed by atoms with E-state index in [1.807, 2.05) is 24.3 Å². The fourth-order valence-electron chi connectivity index (χ4n) is 1.18. The van der Waals surface area contributed by atoms with Crippen LogP contribution in [0.2, 0.25) is 0 Å². The molecule has 1 aromatic carbocycles. The standard InChI is InChI=1S/C12H13ClO2/c1-3-6-10-7-4-5-8-11(10)15-9(2)12(13)14/h3-5,7-9H,1,6H2,2H3. The molecule has 80 valence electrons. The molecule has 3 heteroatoms. The first-order chi connectivity index (χ1) is 7.15. The van der Waals surface area contributed by atoms with Crippen molar-refractivity contribution in [1.29, 1.82) is 0 Å². The van der Waals surface area contributed by atoms with Crippen molar-refractivity contribution < 1.29 is 9.53 Å². The van der Waals surface area contributed by atoms with Crippen LogP contribution in [-0.2, 0) is 11.2 Å². The highest BCUT2D eigenvalue weighted by Gasteiger charge is 2.12. The third-order valence-corrected chi connectivity index (χ3v) is 2.27. The zero-order valence-corrected chi connectivity index (χ0v) is 9.33. The lowest BCUT2D eigenvalue weighted by molar-refractivity contribution is -0.117. The molecule has 15 heavy (non-hydrogen) atoms. The largest absolute Gasteiger partial charge is 0.481 e. The van der Waals surface area contributed by atoms with Crippen molar-refractivity contribution in [2.75, 3.05) is 0 Å². The zero-order valence-electron chi connectivity index (χ0n) is 8.57. The number of rotatable bonds is 5. The van der Waals surface area contributed by atoms with Crippen LogP contribution in [0.4, 0.5) is 0 Å². The summed E-state index contributed by atoms with van der Waals surface area (Å²) in [5.41, 5.74) is 0.997. The summed E-state index contributed by atoms with van der Waals surface area (Å²) >= 11 is 5.32. The van der Waals surface area contributed by atoms with Gasteiger partial charge in [-0.15, -0.1) is 6.58 Å². The van der Waals surface area contributed by atoms with Crippen LogP contribution in [0.1, 0.15) is 12.5 Å². The van der Waals surface area contributed by atoms with Crippen molar-refractivity contribution in [3.8, 4) is 5.75 Å². The summed E-state index contributed by atoms with van der Waals surface area (Å²) in [6.07, 6.45) is 1.87. The average molecular weight is 225 g/mol. The van der Waals surface area contributed by atoms with E-state index >= 15 is 0 Å². The van der Waals surface area contributed by atoms with Crippen molar-refractivity contribution in [2.24, 2.45) is 0 Å². The monoisotopic (exact) mass is 224 g/mol. The maximum atomic E-state index is 10.8. The lowest BCUT2D eigenvalue weighted by atomic mass is 10.1. The predicted molar refractivity (Wildman–Crippen MR) is 61.3 cm³/mol. The average Bonchev–Trinajstić information content (AvgIpc) is 2.21. The van der Waals surface area contributed by atoms with Crippen LogP contribution in [0.3, 0.4) is 0 Å². The maximum absolute atomic E-state index is 10.8. The Morgan fingerprint density at radius 2 is 2.27 bits per heavy atom. The van der Waals surface area contributed by atoms with Gasteiger partial charge < -0.3 is 4.74 Å². The molecule has 1 rings (SSSR count). The van der Waals surface area contributed by atoms with E-state index in [9.17, 15) is 4.79 Å². The summed E-state index contributed by atoms with van der Waals surface area (Å²) < 4.78 is 5.43. The second-order valence-electron chi connectivity index (χ2n) is 3.16. The minimum absolute atomic E-state index is 0.497. The molecule has 0 aromatic heterocycles. The first-order valence-corrected chi connectivity index (χ1v) is 5.07. The molecule has 0 saturated carbocycles. The second-order valence-corrected chi connectivity index (χ2v) is 3.54. The van der Waals surface area contributed by atoms with Crippen molar-refractivity contribution >= 4 is 16.8 Å². The summed E-state index contributed by atoms with van der Waals surface area (Å²) in [6.45, 7) is 5.29. The topological polar surface area (TPSA) is 26.3 Å². The molecule has 2 nitrogen and oxygen atoms in total. The van der Waals surface area contributed by atoms with Crippen LogP contribution in [0.15, 0.2) is 36.9 Å². The van der Waals surface area contributed by atoms with Gasteiger partial charge in [0, 0.05) is 0 Å². The van der Waals surface area contributed by atoms with Crippen LogP contribution < -0.4 is 4.74 Å². The third-order valence-electron chi connectivity index (χ3n) is 1.96. The van der Waals surface area contributed by atoms with Gasteiger partial charge in [-0.25, -0.2) is 0 Å². The number of benzene rings is 1. The van der Waals surface area contributed by atoms with E-state index in [-0.39, 0.29) is 0 Å². The summed E-state index contributed by atoms with van der Waals surface area (Å²) in [6, 6.07) is 7.52. The second kappa shape index (κ2) is 5.56. The molecule has 1 atom stereocenters. The highest BCUT2D eigenvalue weighted by molar-refractivity contribution is 6.64.